The zero-order valence-corrected chi connectivity index (χ0v) is 11.2. The zero-order chi connectivity index (χ0) is 13.9. The molecule has 0 saturated carbocycles. The number of carbonyl (C=O) groups is 1. The highest BCUT2D eigenvalue weighted by Gasteiger charge is 2.21. The summed E-state index contributed by atoms with van der Waals surface area (Å²) in [6, 6.07) is 14.2. The summed E-state index contributed by atoms with van der Waals surface area (Å²) < 4.78 is 0. The topological polar surface area (TPSA) is 61.4 Å². The third-order valence-corrected chi connectivity index (χ3v) is 3.74. The predicted molar refractivity (Wildman–Crippen MR) is 78.3 cm³/mol. The van der Waals surface area contributed by atoms with Crippen molar-refractivity contribution in [1.82, 2.24) is 10.6 Å². The van der Waals surface area contributed by atoms with Crippen molar-refractivity contribution in [3.05, 3.63) is 48.0 Å². The molecule has 1 amide bonds. The lowest BCUT2D eigenvalue weighted by Gasteiger charge is -2.16. The molecule has 0 bridgehead atoms. The quantitative estimate of drug-likeness (QED) is 0.786. The number of aliphatic hydroxyl groups excluding tert-OH is 1. The van der Waals surface area contributed by atoms with Crippen LogP contribution in [0.5, 0.6) is 0 Å². The molecule has 3 N–H and O–H groups in total. The van der Waals surface area contributed by atoms with Gasteiger partial charge in [0.05, 0.1) is 6.10 Å². The Hall–Kier alpha value is -1.91. The fourth-order valence-electron chi connectivity index (χ4n) is 2.56. The third kappa shape index (κ3) is 2.81. The highest BCUT2D eigenvalue weighted by atomic mass is 16.3. The van der Waals surface area contributed by atoms with E-state index in [-0.39, 0.29) is 11.9 Å². The Morgan fingerprint density at radius 1 is 1.25 bits per heavy atom. The Morgan fingerprint density at radius 2 is 2.05 bits per heavy atom. The van der Waals surface area contributed by atoms with Gasteiger partial charge in [-0.3, -0.25) is 4.79 Å². The molecule has 0 aromatic heterocycles. The normalized spacial score (nSPS) is 20.1. The molecule has 2 atom stereocenters. The van der Waals surface area contributed by atoms with Crippen molar-refractivity contribution in [3.63, 3.8) is 0 Å². The van der Waals surface area contributed by atoms with E-state index in [0.717, 1.165) is 10.9 Å². The third-order valence-electron chi connectivity index (χ3n) is 3.74. The maximum absolute atomic E-state index is 11.1. The molecule has 1 aliphatic heterocycles. The number of fused-ring (bicyclic) bond motifs is 1. The van der Waals surface area contributed by atoms with Crippen LogP contribution in [0, 0.1) is 0 Å². The molecule has 4 heteroatoms. The molecular formula is C16H18N2O2. The zero-order valence-electron chi connectivity index (χ0n) is 11.2. The summed E-state index contributed by atoms with van der Waals surface area (Å²) in [5.74, 6) is 0.0719. The van der Waals surface area contributed by atoms with E-state index in [1.54, 1.807) is 0 Å². The second-order valence-corrected chi connectivity index (χ2v) is 5.24. The van der Waals surface area contributed by atoms with E-state index in [9.17, 15) is 9.90 Å². The molecule has 4 nitrogen and oxygen atoms in total. The van der Waals surface area contributed by atoms with Crippen LogP contribution in [-0.2, 0) is 4.79 Å². The van der Waals surface area contributed by atoms with E-state index in [2.05, 4.69) is 16.7 Å². The van der Waals surface area contributed by atoms with Crippen LogP contribution in [-0.4, -0.2) is 30.1 Å². The van der Waals surface area contributed by atoms with Crippen LogP contribution in [0.25, 0.3) is 10.8 Å². The first-order valence-electron chi connectivity index (χ1n) is 6.89. The van der Waals surface area contributed by atoms with Crippen LogP contribution in [0.1, 0.15) is 18.1 Å². The minimum Gasteiger partial charge on any atom is -0.387 e. The fourth-order valence-corrected chi connectivity index (χ4v) is 2.56. The molecule has 0 spiro atoms. The molecular weight excluding hydrogens is 252 g/mol. The van der Waals surface area contributed by atoms with Crippen molar-refractivity contribution >= 4 is 16.7 Å². The lowest BCUT2D eigenvalue weighted by molar-refractivity contribution is -0.119. The molecule has 1 saturated heterocycles. The second-order valence-electron chi connectivity index (χ2n) is 5.24. The van der Waals surface area contributed by atoms with Crippen molar-refractivity contribution in [1.29, 1.82) is 0 Å². The lowest BCUT2D eigenvalue weighted by Crippen LogP contribution is -2.34. The predicted octanol–water partition coefficient (Wildman–Crippen LogP) is 1.35. The van der Waals surface area contributed by atoms with Gasteiger partial charge >= 0.3 is 0 Å². The first kappa shape index (κ1) is 13.1. The van der Waals surface area contributed by atoms with E-state index in [1.807, 2.05) is 36.4 Å². The highest BCUT2D eigenvalue weighted by Crippen LogP contribution is 2.20. The van der Waals surface area contributed by atoms with Gasteiger partial charge in [-0.15, -0.1) is 0 Å². The minimum absolute atomic E-state index is 0.0719. The highest BCUT2D eigenvalue weighted by molar-refractivity contribution is 5.83. The van der Waals surface area contributed by atoms with E-state index in [4.69, 9.17) is 0 Å². The lowest BCUT2D eigenvalue weighted by atomic mass is 10.0. The van der Waals surface area contributed by atoms with Crippen molar-refractivity contribution < 1.29 is 9.90 Å². The minimum atomic E-state index is -0.560. The van der Waals surface area contributed by atoms with Gasteiger partial charge in [-0.2, -0.15) is 0 Å². The van der Waals surface area contributed by atoms with Crippen LogP contribution in [0.15, 0.2) is 42.5 Å². The van der Waals surface area contributed by atoms with E-state index >= 15 is 0 Å². The Morgan fingerprint density at radius 3 is 2.80 bits per heavy atom. The van der Waals surface area contributed by atoms with Crippen molar-refractivity contribution in [2.24, 2.45) is 0 Å². The summed E-state index contributed by atoms with van der Waals surface area (Å²) in [7, 11) is 0. The molecule has 104 valence electrons. The molecule has 2 aromatic rings. The van der Waals surface area contributed by atoms with Gasteiger partial charge < -0.3 is 15.7 Å². The summed E-state index contributed by atoms with van der Waals surface area (Å²) in [6.07, 6.45) is -0.0694. The van der Waals surface area contributed by atoms with Crippen LogP contribution in [0.2, 0.25) is 0 Å². The van der Waals surface area contributed by atoms with Gasteiger partial charge in [0.1, 0.15) is 0 Å². The van der Waals surface area contributed by atoms with Crippen LogP contribution in [0.4, 0.5) is 0 Å². The van der Waals surface area contributed by atoms with Crippen molar-refractivity contribution in [2.75, 3.05) is 13.1 Å². The van der Waals surface area contributed by atoms with Gasteiger partial charge in [0.2, 0.25) is 5.91 Å². The summed E-state index contributed by atoms with van der Waals surface area (Å²) in [4.78, 5) is 11.1. The largest absolute Gasteiger partial charge is 0.387 e. The Balaban J connectivity index is 1.65. The standard InChI is InChI=1S/C16H18N2O2/c19-15(10-17-14-8-16(20)18-9-14)13-6-5-11-3-1-2-4-12(11)7-13/h1-7,14-15,17,19H,8-10H2,(H,18,20). The number of amides is 1. The van der Waals surface area contributed by atoms with Crippen LogP contribution < -0.4 is 10.6 Å². The molecule has 3 rings (SSSR count). The molecule has 0 radical (unpaired) electrons. The summed E-state index contributed by atoms with van der Waals surface area (Å²) in [6.45, 7) is 1.10. The van der Waals surface area contributed by atoms with Gasteiger partial charge in [-0.25, -0.2) is 0 Å². The Bertz CT molecular complexity index is 627. The summed E-state index contributed by atoms with van der Waals surface area (Å²) in [5.41, 5.74) is 0.897. The van der Waals surface area contributed by atoms with Gasteiger partial charge in [0, 0.05) is 25.6 Å². The van der Waals surface area contributed by atoms with E-state index in [0.29, 0.717) is 19.5 Å². The summed E-state index contributed by atoms with van der Waals surface area (Å²) >= 11 is 0. The number of hydrogen-bond acceptors (Lipinski definition) is 3. The molecule has 2 aromatic carbocycles. The number of rotatable bonds is 4. The first-order chi connectivity index (χ1) is 9.72. The molecule has 1 heterocycles. The number of benzene rings is 2. The van der Waals surface area contributed by atoms with Crippen LogP contribution in [0.3, 0.4) is 0 Å². The van der Waals surface area contributed by atoms with Crippen molar-refractivity contribution in [2.45, 2.75) is 18.6 Å². The van der Waals surface area contributed by atoms with Gasteiger partial charge in [-0.1, -0.05) is 36.4 Å². The second kappa shape index (κ2) is 5.61. The van der Waals surface area contributed by atoms with Gasteiger partial charge in [0.25, 0.3) is 0 Å². The van der Waals surface area contributed by atoms with Crippen LogP contribution >= 0.6 is 0 Å². The maximum Gasteiger partial charge on any atom is 0.221 e. The fraction of sp³-hybridized carbons (Fsp3) is 0.312. The number of aliphatic hydroxyl groups is 1. The smallest absolute Gasteiger partial charge is 0.221 e. The molecule has 20 heavy (non-hydrogen) atoms. The molecule has 2 unspecified atom stereocenters. The van der Waals surface area contributed by atoms with Gasteiger partial charge in [-0.05, 0) is 22.4 Å². The van der Waals surface area contributed by atoms with E-state index in [1.165, 1.54) is 5.39 Å². The van der Waals surface area contributed by atoms with Gasteiger partial charge in [0.15, 0.2) is 0 Å². The van der Waals surface area contributed by atoms with Crippen molar-refractivity contribution in [3.8, 4) is 0 Å². The molecule has 1 fully saturated rings. The average Bonchev–Trinajstić information content (AvgIpc) is 2.90. The van der Waals surface area contributed by atoms with E-state index < -0.39 is 6.10 Å². The molecule has 1 aliphatic rings. The first-order valence-corrected chi connectivity index (χ1v) is 6.89. The SMILES string of the molecule is O=C1CC(NCC(O)c2ccc3ccccc3c2)CN1. The average molecular weight is 270 g/mol. The Labute approximate surface area is 117 Å². The molecule has 0 aliphatic carbocycles. The summed E-state index contributed by atoms with van der Waals surface area (Å²) in [5, 5.41) is 18.5. The monoisotopic (exact) mass is 270 g/mol. The number of nitrogens with one attached hydrogen (secondary N) is 2. The number of carbonyl (C=O) groups excluding carboxylic acids is 1. The Kier molecular flexibility index (Phi) is 3.67. The number of hydrogen-bond donors (Lipinski definition) is 3. The maximum atomic E-state index is 11.1.